The molecule has 0 radical (unpaired) electrons. The third kappa shape index (κ3) is 5.73. The summed E-state index contributed by atoms with van der Waals surface area (Å²) in [6.07, 6.45) is -3.14. The maximum atomic E-state index is 12.2. The van der Waals surface area contributed by atoms with Crippen LogP contribution in [0.5, 0.6) is 11.5 Å². The maximum Gasteiger partial charge on any atom is 0.331 e. The minimum absolute atomic E-state index is 0.308. The Kier molecular flexibility index (Phi) is 7.87. The molecular weight excluding hydrogens is 412 g/mol. The molecule has 0 unspecified atom stereocenters. The van der Waals surface area contributed by atoms with Crippen LogP contribution in [0, 0.1) is 0 Å². The quantitative estimate of drug-likeness (QED) is 0.198. The van der Waals surface area contributed by atoms with Gasteiger partial charge in [-0.3, -0.25) is 0 Å². The van der Waals surface area contributed by atoms with Crippen LogP contribution in [0.2, 0.25) is 0 Å². The van der Waals surface area contributed by atoms with Gasteiger partial charge in [-0.05, 0) is 36.6 Å². The zero-order valence-corrected chi connectivity index (χ0v) is 16.8. The Morgan fingerprint density at radius 3 is 2.52 bits per heavy atom. The molecule has 10 nitrogen and oxygen atoms in total. The van der Waals surface area contributed by atoms with E-state index in [1.54, 1.807) is 0 Å². The van der Waals surface area contributed by atoms with Gasteiger partial charge in [-0.1, -0.05) is 18.9 Å². The van der Waals surface area contributed by atoms with Crippen LogP contribution >= 0.6 is 0 Å². The van der Waals surface area contributed by atoms with E-state index in [9.17, 15) is 35.4 Å². The number of hydrogen-bond donors (Lipinski definition) is 6. The predicted molar refractivity (Wildman–Crippen MR) is 106 cm³/mol. The van der Waals surface area contributed by atoms with Crippen molar-refractivity contribution in [3.63, 3.8) is 0 Å². The Balaban J connectivity index is 1.67. The van der Waals surface area contributed by atoms with Crippen LogP contribution in [-0.4, -0.2) is 86.1 Å². The zero-order chi connectivity index (χ0) is 22.5. The lowest BCUT2D eigenvalue weighted by Gasteiger charge is -2.43. The molecule has 1 aromatic rings. The second-order valence-electron chi connectivity index (χ2n) is 7.72. The molecule has 3 rings (SSSR count). The SMILES string of the molecule is O=C(/C=C/c1ccc(O)c(O)c1)O[C@@H]1[C@@H](O)[C@H](O[C@@H]2CCCC[C@H]2O)O[C@H](CO)[C@H]1O. The molecule has 1 aliphatic heterocycles. The summed E-state index contributed by atoms with van der Waals surface area (Å²) < 4.78 is 16.3. The summed E-state index contributed by atoms with van der Waals surface area (Å²) in [5.74, 6) is -1.57. The molecule has 10 heteroatoms. The molecule has 0 aromatic heterocycles. The lowest BCUT2D eigenvalue weighted by atomic mass is 9.94. The van der Waals surface area contributed by atoms with E-state index in [0.717, 1.165) is 18.9 Å². The molecule has 7 atom stereocenters. The maximum absolute atomic E-state index is 12.2. The first-order chi connectivity index (χ1) is 14.8. The molecule has 2 fully saturated rings. The van der Waals surface area contributed by atoms with E-state index in [2.05, 4.69) is 0 Å². The molecule has 172 valence electrons. The molecule has 0 bridgehead atoms. The van der Waals surface area contributed by atoms with E-state index in [1.165, 1.54) is 24.3 Å². The molecule has 1 aliphatic carbocycles. The van der Waals surface area contributed by atoms with Gasteiger partial charge in [0, 0.05) is 6.08 Å². The number of hydrogen-bond acceptors (Lipinski definition) is 10. The van der Waals surface area contributed by atoms with Crippen molar-refractivity contribution in [2.45, 2.75) is 68.6 Å². The van der Waals surface area contributed by atoms with Gasteiger partial charge in [-0.25, -0.2) is 4.79 Å². The van der Waals surface area contributed by atoms with Crippen LogP contribution in [0.25, 0.3) is 6.08 Å². The predicted octanol–water partition coefficient (Wildman–Crippen LogP) is -0.218. The number of rotatable bonds is 6. The Hall–Kier alpha value is -2.21. The van der Waals surface area contributed by atoms with Crippen LogP contribution < -0.4 is 0 Å². The summed E-state index contributed by atoms with van der Waals surface area (Å²) in [6, 6.07) is 3.94. The molecular formula is C21H28O10. The summed E-state index contributed by atoms with van der Waals surface area (Å²) in [6.45, 7) is -0.600. The minimum atomic E-state index is -1.55. The molecule has 1 saturated heterocycles. The molecule has 0 spiro atoms. The average Bonchev–Trinajstić information content (AvgIpc) is 2.75. The smallest absolute Gasteiger partial charge is 0.331 e. The fourth-order valence-electron chi connectivity index (χ4n) is 3.69. The highest BCUT2D eigenvalue weighted by molar-refractivity contribution is 5.87. The van der Waals surface area contributed by atoms with E-state index in [0.29, 0.717) is 18.4 Å². The minimum Gasteiger partial charge on any atom is -0.504 e. The number of phenols is 2. The van der Waals surface area contributed by atoms with Gasteiger partial charge in [0.25, 0.3) is 0 Å². The van der Waals surface area contributed by atoms with Crippen molar-refractivity contribution in [3.05, 3.63) is 29.8 Å². The number of benzene rings is 1. The summed E-state index contributed by atoms with van der Waals surface area (Å²) in [5.41, 5.74) is 0.404. The van der Waals surface area contributed by atoms with Crippen molar-refractivity contribution in [1.82, 2.24) is 0 Å². The average molecular weight is 440 g/mol. The zero-order valence-electron chi connectivity index (χ0n) is 16.8. The molecule has 31 heavy (non-hydrogen) atoms. The Labute approximate surface area is 178 Å². The normalized spacial score (nSPS) is 34.0. The van der Waals surface area contributed by atoms with E-state index in [1.807, 2.05) is 0 Å². The molecule has 6 N–H and O–H groups in total. The van der Waals surface area contributed by atoms with Crippen molar-refractivity contribution >= 4 is 12.0 Å². The van der Waals surface area contributed by atoms with Gasteiger partial charge >= 0.3 is 5.97 Å². The largest absolute Gasteiger partial charge is 0.504 e. The second kappa shape index (κ2) is 10.4. The number of aliphatic hydroxyl groups is 4. The Bertz CT molecular complexity index is 781. The first-order valence-electron chi connectivity index (χ1n) is 10.2. The van der Waals surface area contributed by atoms with Crippen molar-refractivity contribution in [3.8, 4) is 11.5 Å². The van der Waals surface area contributed by atoms with Gasteiger partial charge < -0.3 is 44.8 Å². The third-order valence-corrected chi connectivity index (χ3v) is 5.46. The summed E-state index contributed by atoms with van der Waals surface area (Å²) >= 11 is 0. The Morgan fingerprint density at radius 1 is 1.10 bits per heavy atom. The second-order valence-corrected chi connectivity index (χ2v) is 7.72. The van der Waals surface area contributed by atoms with Crippen LogP contribution in [-0.2, 0) is 19.0 Å². The lowest BCUT2D eigenvalue weighted by molar-refractivity contribution is -0.319. The topological polar surface area (TPSA) is 166 Å². The van der Waals surface area contributed by atoms with Crippen LogP contribution in [0.3, 0.4) is 0 Å². The number of aliphatic hydroxyl groups excluding tert-OH is 4. The summed E-state index contributed by atoms with van der Waals surface area (Å²) in [7, 11) is 0. The van der Waals surface area contributed by atoms with Gasteiger partial charge in [-0.15, -0.1) is 0 Å². The highest BCUT2D eigenvalue weighted by Crippen LogP contribution is 2.29. The standard InChI is InChI=1S/C21H28O10/c22-10-16-18(27)20(19(28)21(30-16)29-15-4-2-1-3-13(15)24)31-17(26)8-6-11-5-7-12(23)14(25)9-11/h5-9,13,15-16,18-25,27-28H,1-4,10H2/b8-6+/t13-,15-,16-,18-,19-,20+,21-/m1/s1. The fraction of sp³-hybridized carbons (Fsp3) is 0.571. The van der Waals surface area contributed by atoms with Crippen molar-refractivity contribution in [1.29, 1.82) is 0 Å². The molecule has 1 saturated carbocycles. The fourth-order valence-corrected chi connectivity index (χ4v) is 3.69. The molecule has 2 aliphatic rings. The first-order valence-corrected chi connectivity index (χ1v) is 10.2. The third-order valence-electron chi connectivity index (χ3n) is 5.46. The summed E-state index contributed by atoms with van der Waals surface area (Å²) in [4.78, 5) is 12.2. The van der Waals surface area contributed by atoms with Crippen molar-refractivity contribution in [2.24, 2.45) is 0 Å². The number of phenolic OH excluding ortho intramolecular Hbond substituents is 2. The number of carbonyl (C=O) groups is 1. The van der Waals surface area contributed by atoms with Gasteiger partial charge in [0.2, 0.25) is 0 Å². The van der Waals surface area contributed by atoms with Gasteiger partial charge in [0.1, 0.15) is 18.3 Å². The van der Waals surface area contributed by atoms with Gasteiger partial charge in [-0.2, -0.15) is 0 Å². The molecule has 1 aromatic carbocycles. The van der Waals surface area contributed by atoms with Crippen LogP contribution in [0.15, 0.2) is 24.3 Å². The van der Waals surface area contributed by atoms with E-state index >= 15 is 0 Å². The highest BCUT2D eigenvalue weighted by Gasteiger charge is 2.48. The molecule has 0 amide bonds. The number of carbonyl (C=O) groups excluding carboxylic acids is 1. The number of ether oxygens (including phenoxy) is 3. The Morgan fingerprint density at radius 2 is 1.84 bits per heavy atom. The van der Waals surface area contributed by atoms with Crippen LogP contribution in [0.4, 0.5) is 0 Å². The van der Waals surface area contributed by atoms with Gasteiger partial charge in [0.15, 0.2) is 23.9 Å². The summed E-state index contributed by atoms with van der Waals surface area (Å²) in [5, 5.41) is 59.4. The van der Waals surface area contributed by atoms with Crippen LogP contribution in [0.1, 0.15) is 31.2 Å². The lowest BCUT2D eigenvalue weighted by Crippen LogP contribution is -2.61. The van der Waals surface area contributed by atoms with E-state index < -0.39 is 55.5 Å². The van der Waals surface area contributed by atoms with Crippen molar-refractivity contribution in [2.75, 3.05) is 6.61 Å². The molecule has 1 heterocycles. The van der Waals surface area contributed by atoms with Gasteiger partial charge in [0.05, 0.1) is 18.8 Å². The van der Waals surface area contributed by atoms with E-state index in [-0.39, 0.29) is 11.5 Å². The number of esters is 1. The number of aromatic hydroxyl groups is 2. The van der Waals surface area contributed by atoms with Crippen molar-refractivity contribution < 1.29 is 49.6 Å². The monoisotopic (exact) mass is 440 g/mol. The first kappa shape index (κ1) is 23.5. The van der Waals surface area contributed by atoms with E-state index in [4.69, 9.17) is 14.2 Å². The highest BCUT2D eigenvalue weighted by atomic mass is 16.7.